The van der Waals surface area contributed by atoms with Crippen molar-refractivity contribution in [1.29, 1.82) is 0 Å². The summed E-state index contributed by atoms with van der Waals surface area (Å²) in [6.07, 6.45) is 1.48. The third-order valence-electron chi connectivity index (χ3n) is 2.75. The third kappa shape index (κ3) is 3.81. The number of hydrogen-bond donors (Lipinski definition) is 2. The van der Waals surface area contributed by atoms with Crippen molar-refractivity contribution in [2.45, 2.75) is 13.5 Å². The van der Waals surface area contributed by atoms with Gasteiger partial charge in [-0.2, -0.15) is 5.10 Å². The number of aromatic nitrogens is 5. The van der Waals surface area contributed by atoms with Gasteiger partial charge >= 0.3 is 6.03 Å². The van der Waals surface area contributed by atoms with Crippen LogP contribution in [0.4, 0.5) is 16.4 Å². The maximum Gasteiger partial charge on any atom is 0.322 e. The zero-order valence-corrected chi connectivity index (χ0v) is 12.9. The Hall–Kier alpha value is -2.91. The van der Waals surface area contributed by atoms with E-state index in [1.54, 1.807) is 31.9 Å². The summed E-state index contributed by atoms with van der Waals surface area (Å²) in [6, 6.07) is 1.45. The van der Waals surface area contributed by atoms with Crippen LogP contribution in [0.1, 0.15) is 5.69 Å². The van der Waals surface area contributed by atoms with Crippen molar-refractivity contribution in [3.63, 3.8) is 0 Å². The minimum Gasteiger partial charge on any atom is -0.331 e. The minimum absolute atomic E-state index is 0.0188. The molecule has 0 bridgehead atoms. The summed E-state index contributed by atoms with van der Waals surface area (Å²) >= 11 is 0. The molecule has 0 aliphatic rings. The summed E-state index contributed by atoms with van der Waals surface area (Å²) in [7, 11) is 4.97. The van der Waals surface area contributed by atoms with Crippen LogP contribution in [0.15, 0.2) is 12.3 Å². The van der Waals surface area contributed by atoms with Gasteiger partial charge in [0.05, 0.1) is 11.9 Å². The number of rotatable bonds is 4. The van der Waals surface area contributed by atoms with Gasteiger partial charge in [0.15, 0.2) is 5.82 Å². The van der Waals surface area contributed by atoms with Crippen molar-refractivity contribution in [3.05, 3.63) is 18.0 Å². The quantitative estimate of drug-likeness (QED) is 0.829. The second-order valence-corrected chi connectivity index (χ2v) is 4.97. The molecule has 0 saturated carbocycles. The maximum absolute atomic E-state index is 11.9. The summed E-state index contributed by atoms with van der Waals surface area (Å²) in [6.45, 7) is 1.82. The van der Waals surface area contributed by atoms with Gasteiger partial charge in [-0.05, 0) is 6.92 Å². The van der Waals surface area contributed by atoms with Gasteiger partial charge in [-0.3, -0.25) is 14.8 Å². The molecule has 3 amide bonds. The van der Waals surface area contributed by atoms with Gasteiger partial charge in [0, 0.05) is 27.2 Å². The average Bonchev–Trinajstić information content (AvgIpc) is 2.96. The Kier molecular flexibility index (Phi) is 4.39. The van der Waals surface area contributed by atoms with Gasteiger partial charge in [-0.15, -0.1) is 5.10 Å². The average molecular weight is 306 g/mol. The molecule has 10 nitrogen and oxygen atoms in total. The topological polar surface area (TPSA) is 110 Å². The lowest BCUT2D eigenvalue weighted by molar-refractivity contribution is -0.117. The molecule has 118 valence electrons. The fraction of sp³-hybridized carbons (Fsp3) is 0.417. The number of hydrogen-bond acceptors (Lipinski definition) is 5. The molecule has 0 unspecified atom stereocenters. The van der Waals surface area contributed by atoms with Gasteiger partial charge < -0.3 is 10.2 Å². The second kappa shape index (κ2) is 6.24. The van der Waals surface area contributed by atoms with E-state index in [9.17, 15) is 9.59 Å². The van der Waals surface area contributed by atoms with Crippen LogP contribution < -0.4 is 10.6 Å². The summed E-state index contributed by atoms with van der Waals surface area (Å²) in [5.41, 5.74) is 0.812. The lowest BCUT2D eigenvalue weighted by Gasteiger charge is -2.09. The van der Waals surface area contributed by atoms with Crippen LogP contribution >= 0.6 is 0 Å². The van der Waals surface area contributed by atoms with E-state index in [0.717, 1.165) is 5.69 Å². The molecule has 0 aliphatic heterocycles. The van der Waals surface area contributed by atoms with E-state index in [2.05, 4.69) is 26.0 Å². The fourth-order valence-electron chi connectivity index (χ4n) is 1.71. The lowest BCUT2D eigenvalue weighted by Crippen LogP contribution is -2.27. The zero-order chi connectivity index (χ0) is 16.3. The highest BCUT2D eigenvalue weighted by molar-refractivity contribution is 5.90. The predicted molar refractivity (Wildman–Crippen MR) is 79.3 cm³/mol. The number of nitrogens with zero attached hydrogens (tertiary/aromatic N) is 6. The van der Waals surface area contributed by atoms with E-state index in [1.807, 2.05) is 6.92 Å². The highest BCUT2D eigenvalue weighted by Gasteiger charge is 2.11. The van der Waals surface area contributed by atoms with E-state index in [1.165, 1.54) is 15.8 Å². The molecule has 2 aromatic rings. The number of urea groups is 1. The molecule has 10 heteroatoms. The SMILES string of the molecule is Cc1cc(NC(=O)Cn2cc(NC(=O)N(C)C)nn2)n(C)n1. The van der Waals surface area contributed by atoms with Crippen molar-refractivity contribution in [3.8, 4) is 0 Å². The van der Waals surface area contributed by atoms with Crippen LogP contribution in [0.5, 0.6) is 0 Å². The molecular formula is C12H18N8O2. The molecule has 0 aliphatic carbocycles. The van der Waals surface area contributed by atoms with Crippen LogP contribution in [-0.4, -0.2) is 55.7 Å². The lowest BCUT2D eigenvalue weighted by atomic mass is 10.4. The first-order valence-corrected chi connectivity index (χ1v) is 6.54. The van der Waals surface area contributed by atoms with Crippen molar-refractivity contribution in [2.24, 2.45) is 7.05 Å². The van der Waals surface area contributed by atoms with Gasteiger partial charge in [0.2, 0.25) is 5.91 Å². The Labute approximate surface area is 127 Å². The van der Waals surface area contributed by atoms with Crippen molar-refractivity contribution in [2.75, 3.05) is 24.7 Å². The van der Waals surface area contributed by atoms with Crippen LogP contribution in [0, 0.1) is 6.92 Å². The number of aryl methyl sites for hydroxylation is 2. The molecule has 0 fully saturated rings. The highest BCUT2D eigenvalue weighted by Crippen LogP contribution is 2.08. The van der Waals surface area contributed by atoms with Gasteiger partial charge in [0.1, 0.15) is 12.4 Å². The number of carbonyl (C=O) groups is 2. The maximum atomic E-state index is 11.9. The summed E-state index contributed by atoms with van der Waals surface area (Å²) in [5, 5.41) is 17.0. The molecule has 0 radical (unpaired) electrons. The Balaban J connectivity index is 1.93. The first-order chi connectivity index (χ1) is 10.3. The van der Waals surface area contributed by atoms with Gasteiger partial charge in [0.25, 0.3) is 0 Å². The van der Waals surface area contributed by atoms with Crippen LogP contribution in [0.3, 0.4) is 0 Å². The molecule has 2 N–H and O–H groups in total. The molecule has 0 saturated heterocycles. The number of nitrogens with one attached hydrogen (secondary N) is 2. The molecule has 0 aromatic carbocycles. The second-order valence-electron chi connectivity index (χ2n) is 4.97. The molecule has 22 heavy (non-hydrogen) atoms. The van der Waals surface area contributed by atoms with Crippen LogP contribution in [-0.2, 0) is 18.4 Å². The predicted octanol–water partition coefficient (Wildman–Crippen LogP) is 0.0522. The van der Waals surface area contributed by atoms with Gasteiger partial charge in [-0.25, -0.2) is 9.48 Å². The Morgan fingerprint density at radius 1 is 1.32 bits per heavy atom. The van der Waals surface area contributed by atoms with E-state index in [0.29, 0.717) is 5.82 Å². The fourth-order valence-corrected chi connectivity index (χ4v) is 1.71. The molecule has 0 atom stereocenters. The van der Waals surface area contributed by atoms with E-state index in [-0.39, 0.29) is 24.3 Å². The minimum atomic E-state index is -0.318. The largest absolute Gasteiger partial charge is 0.331 e. The molecule has 2 aromatic heterocycles. The molecule has 0 spiro atoms. The van der Waals surface area contributed by atoms with E-state index < -0.39 is 0 Å². The van der Waals surface area contributed by atoms with Gasteiger partial charge in [-0.1, -0.05) is 5.21 Å². The van der Waals surface area contributed by atoms with Crippen LogP contribution in [0.25, 0.3) is 0 Å². The summed E-state index contributed by atoms with van der Waals surface area (Å²) in [5.74, 6) is 0.616. The smallest absolute Gasteiger partial charge is 0.322 e. The van der Waals surface area contributed by atoms with Crippen molar-refractivity contribution < 1.29 is 9.59 Å². The number of anilines is 2. The van der Waals surface area contributed by atoms with Crippen LogP contribution in [0.2, 0.25) is 0 Å². The standard InChI is InChI=1S/C12H18N8O2/c1-8-5-10(19(4)16-8)14-11(21)7-20-6-9(15-17-20)13-12(22)18(2)3/h5-6H,7H2,1-4H3,(H,13,22)(H,14,21). The molecule has 2 heterocycles. The Bertz CT molecular complexity index is 687. The zero-order valence-electron chi connectivity index (χ0n) is 12.9. The third-order valence-corrected chi connectivity index (χ3v) is 2.75. The summed E-state index contributed by atoms with van der Waals surface area (Å²) < 4.78 is 2.92. The Morgan fingerprint density at radius 2 is 2.05 bits per heavy atom. The van der Waals surface area contributed by atoms with Crippen molar-refractivity contribution in [1.82, 2.24) is 29.7 Å². The molecular weight excluding hydrogens is 288 g/mol. The molecule has 2 rings (SSSR count). The monoisotopic (exact) mass is 306 g/mol. The normalized spacial score (nSPS) is 10.4. The summed E-state index contributed by atoms with van der Waals surface area (Å²) in [4.78, 5) is 24.8. The first kappa shape index (κ1) is 15.5. The number of carbonyl (C=O) groups excluding carboxylic acids is 2. The van der Waals surface area contributed by atoms with E-state index in [4.69, 9.17) is 0 Å². The first-order valence-electron chi connectivity index (χ1n) is 6.54. The number of amides is 3. The van der Waals surface area contributed by atoms with Crippen molar-refractivity contribution >= 4 is 23.6 Å². The van der Waals surface area contributed by atoms with E-state index >= 15 is 0 Å². The Morgan fingerprint density at radius 3 is 2.64 bits per heavy atom. The highest BCUT2D eigenvalue weighted by atomic mass is 16.2.